The van der Waals surface area contributed by atoms with Crippen molar-refractivity contribution in [3.63, 3.8) is 0 Å². The van der Waals surface area contributed by atoms with E-state index >= 15 is 0 Å². The molecule has 0 aliphatic rings. The van der Waals surface area contributed by atoms with Crippen LogP contribution >= 0.6 is 11.6 Å². The van der Waals surface area contributed by atoms with E-state index in [-0.39, 0.29) is 31.8 Å². The lowest BCUT2D eigenvalue weighted by atomic mass is 10.1. The molecule has 0 saturated carbocycles. The molecule has 2 amide bonds. The molecule has 2 aromatic carbocycles. The predicted octanol–water partition coefficient (Wildman–Crippen LogP) is 4.26. The van der Waals surface area contributed by atoms with Crippen LogP contribution in [0.15, 0.2) is 36.4 Å². The summed E-state index contributed by atoms with van der Waals surface area (Å²) in [4.78, 5) is 35.9. The fourth-order valence-electron chi connectivity index (χ4n) is 2.66. The zero-order chi connectivity index (χ0) is 22.1. The molecule has 0 atom stereocenters. The van der Waals surface area contributed by atoms with Gasteiger partial charge in [0.05, 0.1) is 12.8 Å². The van der Waals surface area contributed by atoms with Crippen LogP contribution in [0, 0.1) is 13.8 Å². The quantitative estimate of drug-likeness (QED) is 0.577. The second kappa shape index (κ2) is 11.2. The Morgan fingerprint density at radius 2 is 1.67 bits per heavy atom. The number of methoxy groups -OCH3 is 1. The van der Waals surface area contributed by atoms with Crippen LogP contribution in [-0.4, -0.2) is 31.5 Å². The Morgan fingerprint density at radius 1 is 0.933 bits per heavy atom. The largest absolute Gasteiger partial charge is 0.495 e. The molecule has 0 radical (unpaired) electrons. The third-order valence-electron chi connectivity index (χ3n) is 4.25. The lowest BCUT2D eigenvalue weighted by Gasteiger charge is -2.11. The molecule has 2 N–H and O–H groups in total. The van der Waals surface area contributed by atoms with Gasteiger partial charge in [-0.05, 0) is 55.7 Å². The van der Waals surface area contributed by atoms with Gasteiger partial charge in [0, 0.05) is 23.6 Å². The summed E-state index contributed by atoms with van der Waals surface area (Å²) in [6, 6.07) is 10.6. The van der Waals surface area contributed by atoms with Gasteiger partial charge < -0.3 is 20.1 Å². The van der Waals surface area contributed by atoms with Gasteiger partial charge in [-0.15, -0.1) is 0 Å². The number of amides is 2. The van der Waals surface area contributed by atoms with Crippen LogP contribution in [0.25, 0.3) is 0 Å². The molecular weight excluding hydrogens is 408 g/mol. The van der Waals surface area contributed by atoms with Crippen LogP contribution in [-0.2, 0) is 19.1 Å². The van der Waals surface area contributed by atoms with E-state index in [1.807, 2.05) is 32.0 Å². The van der Waals surface area contributed by atoms with Crippen LogP contribution < -0.4 is 15.4 Å². The summed E-state index contributed by atoms with van der Waals surface area (Å²) in [5.41, 5.74) is 3.08. The minimum Gasteiger partial charge on any atom is -0.495 e. The fraction of sp³-hybridized carbons (Fsp3) is 0.318. The minimum absolute atomic E-state index is 0.0247. The number of benzene rings is 2. The van der Waals surface area contributed by atoms with Crippen molar-refractivity contribution in [3.05, 3.63) is 52.5 Å². The van der Waals surface area contributed by atoms with Crippen molar-refractivity contribution in [2.24, 2.45) is 0 Å². The van der Waals surface area contributed by atoms with Gasteiger partial charge in [0.1, 0.15) is 5.75 Å². The van der Waals surface area contributed by atoms with E-state index in [9.17, 15) is 14.4 Å². The lowest BCUT2D eigenvalue weighted by molar-refractivity contribution is -0.147. The Morgan fingerprint density at radius 3 is 2.40 bits per heavy atom. The van der Waals surface area contributed by atoms with Gasteiger partial charge >= 0.3 is 5.97 Å². The zero-order valence-electron chi connectivity index (χ0n) is 17.2. The highest BCUT2D eigenvalue weighted by molar-refractivity contribution is 6.31. The van der Waals surface area contributed by atoms with Crippen molar-refractivity contribution >= 4 is 40.8 Å². The number of anilines is 2. The topological polar surface area (TPSA) is 93.7 Å². The predicted molar refractivity (Wildman–Crippen MR) is 116 cm³/mol. The second-order valence-corrected chi connectivity index (χ2v) is 7.21. The highest BCUT2D eigenvalue weighted by Crippen LogP contribution is 2.27. The van der Waals surface area contributed by atoms with Crippen LogP contribution in [0.1, 0.15) is 30.4 Å². The highest BCUT2D eigenvalue weighted by Gasteiger charge is 2.12. The van der Waals surface area contributed by atoms with Gasteiger partial charge in [-0.2, -0.15) is 0 Å². The van der Waals surface area contributed by atoms with E-state index in [1.165, 1.54) is 7.11 Å². The summed E-state index contributed by atoms with van der Waals surface area (Å²) >= 11 is 5.93. The van der Waals surface area contributed by atoms with E-state index in [1.54, 1.807) is 18.2 Å². The third-order valence-corrected chi connectivity index (χ3v) is 4.49. The molecule has 0 fully saturated rings. The van der Waals surface area contributed by atoms with Crippen molar-refractivity contribution in [2.75, 3.05) is 24.4 Å². The molecule has 160 valence electrons. The molecule has 0 saturated heterocycles. The Labute approximate surface area is 180 Å². The number of ether oxygens (including phenoxy) is 2. The Bertz CT molecular complexity index is 930. The van der Waals surface area contributed by atoms with Gasteiger partial charge in [-0.25, -0.2) is 0 Å². The second-order valence-electron chi connectivity index (χ2n) is 6.77. The Hall–Kier alpha value is -3.06. The SMILES string of the molecule is COc1ccc(Cl)cc1NC(=O)CCCC(=O)OCC(=O)Nc1cc(C)ccc1C. The number of carbonyl (C=O) groups is 3. The first-order valence-corrected chi connectivity index (χ1v) is 9.82. The van der Waals surface area contributed by atoms with Crippen molar-refractivity contribution in [3.8, 4) is 5.75 Å². The lowest BCUT2D eigenvalue weighted by Crippen LogP contribution is -2.21. The van der Waals surface area contributed by atoms with E-state index in [0.29, 0.717) is 22.1 Å². The molecule has 0 bridgehead atoms. The molecule has 0 unspecified atom stereocenters. The zero-order valence-corrected chi connectivity index (χ0v) is 18.0. The summed E-state index contributed by atoms with van der Waals surface area (Å²) < 4.78 is 10.1. The molecule has 0 spiro atoms. The number of carbonyl (C=O) groups excluding carboxylic acids is 3. The third kappa shape index (κ3) is 7.40. The molecule has 0 aromatic heterocycles. The summed E-state index contributed by atoms with van der Waals surface area (Å²) in [5.74, 6) is -0.750. The van der Waals surface area contributed by atoms with E-state index in [2.05, 4.69) is 10.6 Å². The minimum atomic E-state index is -0.542. The van der Waals surface area contributed by atoms with Crippen LogP contribution in [0.2, 0.25) is 5.02 Å². The van der Waals surface area contributed by atoms with Gasteiger partial charge in [-0.1, -0.05) is 23.7 Å². The van der Waals surface area contributed by atoms with Crippen LogP contribution in [0.3, 0.4) is 0 Å². The number of rotatable bonds is 9. The summed E-state index contributed by atoms with van der Waals surface area (Å²) in [7, 11) is 1.49. The van der Waals surface area contributed by atoms with Crippen molar-refractivity contribution in [1.82, 2.24) is 0 Å². The van der Waals surface area contributed by atoms with Gasteiger partial charge in [0.2, 0.25) is 5.91 Å². The van der Waals surface area contributed by atoms with Gasteiger partial charge in [0.25, 0.3) is 5.91 Å². The molecule has 30 heavy (non-hydrogen) atoms. The van der Waals surface area contributed by atoms with Crippen LogP contribution in [0.4, 0.5) is 11.4 Å². The van der Waals surface area contributed by atoms with Crippen molar-refractivity contribution in [1.29, 1.82) is 0 Å². The number of esters is 1. The fourth-order valence-corrected chi connectivity index (χ4v) is 2.83. The summed E-state index contributed by atoms with van der Waals surface area (Å²) in [6.07, 6.45) is 0.419. The first-order chi connectivity index (χ1) is 14.3. The monoisotopic (exact) mass is 432 g/mol. The average molecular weight is 433 g/mol. The summed E-state index contributed by atoms with van der Waals surface area (Å²) in [5, 5.41) is 5.89. The molecule has 2 rings (SSSR count). The smallest absolute Gasteiger partial charge is 0.306 e. The number of hydrogen-bond donors (Lipinski definition) is 2. The maximum atomic E-state index is 12.1. The molecule has 0 aliphatic carbocycles. The number of aryl methyl sites for hydroxylation is 2. The van der Waals surface area contributed by atoms with E-state index < -0.39 is 11.9 Å². The normalized spacial score (nSPS) is 10.3. The molecule has 0 aliphatic heterocycles. The number of halogens is 1. The molecule has 7 nitrogen and oxygen atoms in total. The maximum Gasteiger partial charge on any atom is 0.306 e. The van der Waals surface area contributed by atoms with E-state index in [0.717, 1.165) is 11.1 Å². The Kier molecular flexibility index (Phi) is 8.68. The first-order valence-electron chi connectivity index (χ1n) is 9.44. The van der Waals surface area contributed by atoms with Crippen molar-refractivity contribution in [2.45, 2.75) is 33.1 Å². The van der Waals surface area contributed by atoms with Gasteiger partial charge in [0.15, 0.2) is 6.61 Å². The number of nitrogens with one attached hydrogen (secondary N) is 2. The highest BCUT2D eigenvalue weighted by atomic mass is 35.5. The maximum absolute atomic E-state index is 12.1. The molecular formula is C22H25ClN2O5. The first kappa shape index (κ1) is 23.2. The number of hydrogen-bond acceptors (Lipinski definition) is 5. The van der Waals surface area contributed by atoms with Crippen LogP contribution in [0.5, 0.6) is 5.75 Å². The van der Waals surface area contributed by atoms with Gasteiger partial charge in [-0.3, -0.25) is 14.4 Å². The standard InChI is InChI=1S/C22H25ClN2O5/c1-14-7-8-15(2)17(11-14)24-21(27)13-30-22(28)6-4-5-20(26)25-18-12-16(23)9-10-19(18)29-3/h7-12H,4-6,13H2,1-3H3,(H,24,27)(H,25,26). The summed E-state index contributed by atoms with van der Waals surface area (Å²) in [6.45, 7) is 3.43. The van der Waals surface area contributed by atoms with Crippen molar-refractivity contribution < 1.29 is 23.9 Å². The molecule has 2 aromatic rings. The molecule has 8 heteroatoms. The Balaban J connectivity index is 1.71. The molecule has 0 heterocycles. The van der Waals surface area contributed by atoms with E-state index in [4.69, 9.17) is 21.1 Å². The average Bonchev–Trinajstić information content (AvgIpc) is 2.69.